The van der Waals surface area contributed by atoms with Crippen LogP contribution in [0.4, 0.5) is 8.78 Å². The van der Waals surface area contributed by atoms with Crippen LogP contribution in [-0.4, -0.2) is 10.6 Å². The van der Waals surface area contributed by atoms with Crippen LogP contribution in [0.15, 0.2) is 42.5 Å². The van der Waals surface area contributed by atoms with Crippen molar-refractivity contribution in [2.24, 2.45) is 0 Å². The van der Waals surface area contributed by atoms with E-state index in [1.54, 1.807) is 24.3 Å². The molecule has 0 aliphatic rings. The van der Waals surface area contributed by atoms with Crippen molar-refractivity contribution in [3.05, 3.63) is 65.2 Å². The van der Waals surface area contributed by atoms with Crippen LogP contribution in [0.3, 0.4) is 0 Å². The summed E-state index contributed by atoms with van der Waals surface area (Å²) in [7, 11) is 0. The number of halogens is 4. The molecule has 0 aliphatic heterocycles. The van der Waals surface area contributed by atoms with E-state index in [1.165, 1.54) is 0 Å². The summed E-state index contributed by atoms with van der Waals surface area (Å²) in [6.07, 6.45) is 0. The summed E-state index contributed by atoms with van der Waals surface area (Å²) in [4.78, 5) is 10.4. The van der Waals surface area contributed by atoms with Gasteiger partial charge in [0.05, 0.1) is 0 Å². The van der Waals surface area contributed by atoms with Gasteiger partial charge in [-0.15, -0.1) is 0 Å². The number of carbonyl (C=O) groups excluding carboxylic acids is 1. The van der Waals surface area contributed by atoms with Crippen molar-refractivity contribution in [1.29, 1.82) is 0 Å². The summed E-state index contributed by atoms with van der Waals surface area (Å²) >= 11 is 11.0. The number of benzene rings is 2. The Labute approximate surface area is 130 Å². The summed E-state index contributed by atoms with van der Waals surface area (Å²) in [5.74, 6) is -1.79. The highest BCUT2D eigenvalue weighted by molar-refractivity contribution is 6.55. The van der Waals surface area contributed by atoms with Crippen molar-refractivity contribution < 1.29 is 18.3 Å². The van der Waals surface area contributed by atoms with Gasteiger partial charge in [0.2, 0.25) is 0 Å². The number of ketones is 1. The molecular weight excluding hydrogens is 321 g/mol. The Balaban J connectivity index is 2.04. The molecule has 0 unspecified atom stereocenters. The molecule has 6 heteroatoms. The molecule has 0 fully saturated rings. The van der Waals surface area contributed by atoms with Gasteiger partial charge in [-0.05, 0) is 17.7 Å². The number of carbonyl (C=O) groups is 1. The minimum Gasteiger partial charge on any atom is -0.486 e. The van der Waals surface area contributed by atoms with Crippen molar-refractivity contribution in [2.75, 3.05) is 0 Å². The van der Waals surface area contributed by atoms with Crippen LogP contribution >= 0.6 is 23.2 Å². The Morgan fingerprint density at radius 3 is 2.38 bits per heavy atom. The monoisotopic (exact) mass is 330 g/mol. The number of rotatable bonds is 5. The molecule has 2 rings (SSSR count). The zero-order valence-corrected chi connectivity index (χ0v) is 12.2. The molecule has 0 aromatic heterocycles. The molecule has 0 amide bonds. The van der Waals surface area contributed by atoms with Crippen molar-refractivity contribution in [3.63, 3.8) is 0 Å². The fourth-order valence-electron chi connectivity index (χ4n) is 1.64. The maximum atomic E-state index is 13.4. The molecule has 0 aliphatic carbocycles. The topological polar surface area (TPSA) is 26.3 Å². The smallest absolute Gasteiger partial charge is 0.195 e. The molecule has 2 nitrogen and oxygen atoms in total. The Bertz CT molecular complexity index is 643. The van der Waals surface area contributed by atoms with E-state index in [-0.39, 0.29) is 12.4 Å². The van der Waals surface area contributed by atoms with Gasteiger partial charge in [0, 0.05) is 11.6 Å². The highest BCUT2D eigenvalue weighted by atomic mass is 35.5. The standard InChI is InChI=1S/C15H10Cl2F2O2/c16-15(17)14(20)10-3-1-9(2-4-10)8-21-13-7-11(18)5-6-12(13)19/h1-7,15H,8H2. The average Bonchev–Trinajstić information content (AvgIpc) is 2.48. The molecule has 0 saturated heterocycles. The molecule has 2 aromatic rings. The van der Waals surface area contributed by atoms with Gasteiger partial charge in [-0.3, -0.25) is 4.79 Å². The number of hydrogen-bond acceptors (Lipinski definition) is 2. The van der Waals surface area contributed by atoms with Gasteiger partial charge in [0.25, 0.3) is 0 Å². The van der Waals surface area contributed by atoms with E-state index in [4.69, 9.17) is 27.9 Å². The van der Waals surface area contributed by atoms with Crippen molar-refractivity contribution >= 4 is 29.0 Å². The molecular formula is C15H10Cl2F2O2. The molecule has 21 heavy (non-hydrogen) atoms. The molecule has 0 spiro atoms. The van der Waals surface area contributed by atoms with Crippen molar-refractivity contribution in [2.45, 2.75) is 11.4 Å². The SMILES string of the molecule is O=C(c1ccc(COc2cc(F)ccc2F)cc1)C(Cl)Cl. The maximum Gasteiger partial charge on any atom is 0.195 e. The van der Waals surface area contributed by atoms with E-state index in [1.807, 2.05) is 0 Å². The predicted octanol–water partition coefficient (Wildman–Crippen LogP) is 4.53. The third-order valence-electron chi connectivity index (χ3n) is 2.72. The summed E-state index contributed by atoms with van der Waals surface area (Å²) in [6, 6.07) is 9.31. The van der Waals surface area contributed by atoms with Crippen LogP contribution in [0.1, 0.15) is 15.9 Å². The first-order chi connectivity index (χ1) is 9.97. The minimum atomic E-state index is -1.12. The first kappa shape index (κ1) is 15.7. The van der Waals surface area contributed by atoms with Gasteiger partial charge < -0.3 is 4.74 Å². The molecule has 0 saturated carbocycles. The van der Waals surface area contributed by atoms with Crippen LogP contribution in [0, 0.1) is 11.6 Å². The number of ether oxygens (including phenoxy) is 1. The van der Waals surface area contributed by atoms with Crippen LogP contribution in [0.25, 0.3) is 0 Å². The highest BCUT2D eigenvalue weighted by Crippen LogP contribution is 2.20. The van der Waals surface area contributed by atoms with Gasteiger partial charge in [0.15, 0.2) is 22.2 Å². The van der Waals surface area contributed by atoms with E-state index in [2.05, 4.69) is 0 Å². The fraction of sp³-hybridized carbons (Fsp3) is 0.133. The number of alkyl halides is 2. The lowest BCUT2D eigenvalue weighted by Crippen LogP contribution is -2.08. The third-order valence-corrected chi connectivity index (χ3v) is 3.12. The highest BCUT2D eigenvalue weighted by Gasteiger charge is 2.14. The second-order valence-electron chi connectivity index (χ2n) is 4.23. The normalized spacial score (nSPS) is 10.7. The van der Waals surface area contributed by atoms with E-state index in [0.717, 1.165) is 18.2 Å². The summed E-state index contributed by atoms with van der Waals surface area (Å²) in [6.45, 7) is 0.0417. The molecule has 0 N–H and O–H groups in total. The largest absolute Gasteiger partial charge is 0.486 e. The molecule has 0 atom stereocenters. The van der Waals surface area contributed by atoms with Gasteiger partial charge in [-0.25, -0.2) is 8.78 Å². The van der Waals surface area contributed by atoms with E-state index < -0.39 is 22.3 Å². The summed E-state index contributed by atoms with van der Waals surface area (Å²) < 4.78 is 31.5. The number of Topliss-reactive ketones (excluding diaryl/α,β-unsaturated/α-hetero) is 1. The molecule has 0 radical (unpaired) electrons. The van der Waals surface area contributed by atoms with Crippen LogP contribution in [-0.2, 0) is 6.61 Å². The van der Waals surface area contributed by atoms with Crippen molar-refractivity contribution in [3.8, 4) is 5.75 Å². The molecule has 2 aromatic carbocycles. The summed E-state index contributed by atoms with van der Waals surface area (Å²) in [5, 5.41) is 0. The van der Waals surface area contributed by atoms with Crippen LogP contribution < -0.4 is 4.74 Å². The third kappa shape index (κ3) is 4.16. The van der Waals surface area contributed by atoms with E-state index in [9.17, 15) is 13.6 Å². The predicted molar refractivity (Wildman–Crippen MR) is 77.0 cm³/mol. The second-order valence-corrected chi connectivity index (χ2v) is 5.32. The first-order valence-corrected chi connectivity index (χ1v) is 6.84. The first-order valence-electron chi connectivity index (χ1n) is 5.96. The maximum absolute atomic E-state index is 13.4. The average molecular weight is 331 g/mol. The second kappa shape index (κ2) is 6.87. The summed E-state index contributed by atoms with van der Waals surface area (Å²) in [5.41, 5.74) is 1.06. The lowest BCUT2D eigenvalue weighted by molar-refractivity contribution is 0.101. The molecule has 0 bridgehead atoms. The van der Waals surface area contributed by atoms with Gasteiger partial charge in [-0.2, -0.15) is 0 Å². The quantitative estimate of drug-likeness (QED) is 0.594. The molecule has 110 valence electrons. The Kier molecular flexibility index (Phi) is 5.15. The fourth-order valence-corrected chi connectivity index (χ4v) is 1.89. The molecule has 0 heterocycles. The number of hydrogen-bond donors (Lipinski definition) is 0. The Hall–Kier alpha value is -1.65. The van der Waals surface area contributed by atoms with E-state index >= 15 is 0 Å². The van der Waals surface area contributed by atoms with Gasteiger partial charge >= 0.3 is 0 Å². The Morgan fingerprint density at radius 2 is 1.76 bits per heavy atom. The van der Waals surface area contributed by atoms with E-state index in [0.29, 0.717) is 11.1 Å². The lowest BCUT2D eigenvalue weighted by Gasteiger charge is -2.08. The van der Waals surface area contributed by atoms with Gasteiger partial charge in [-0.1, -0.05) is 47.5 Å². The van der Waals surface area contributed by atoms with Crippen LogP contribution in [0.5, 0.6) is 5.75 Å². The van der Waals surface area contributed by atoms with Crippen LogP contribution in [0.2, 0.25) is 0 Å². The lowest BCUT2D eigenvalue weighted by atomic mass is 10.1. The van der Waals surface area contributed by atoms with Crippen molar-refractivity contribution in [1.82, 2.24) is 0 Å². The van der Waals surface area contributed by atoms with Gasteiger partial charge in [0.1, 0.15) is 12.4 Å². The Morgan fingerprint density at radius 1 is 1.10 bits per heavy atom. The zero-order chi connectivity index (χ0) is 15.4. The zero-order valence-electron chi connectivity index (χ0n) is 10.7. The minimum absolute atomic E-state index is 0.0417.